The van der Waals surface area contributed by atoms with E-state index in [9.17, 15) is 0 Å². The summed E-state index contributed by atoms with van der Waals surface area (Å²) in [4.78, 5) is 0. The van der Waals surface area contributed by atoms with Crippen LogP contribution in [0.25, 0.3) is 0 Å². The average molecular weight is 190 g/mol. The van der Waals surface area contributed by atoms with Crippen LogP contribution in [0.1, 0.15) is 45.2 Å². The van der Waals surface area contributed by atoms with E-state index in [0.717, 1.165) is 6.42 Å². The molecule has 78 valence electrons. The third-order valence-corrected chi connectivity index (χ3v) is 2.64. The SMILES string of the molecule is CCc1ccccc1CCC(C)(C)C. The molecule has 0 N–H and O–H groups in total. The van der Waals surface area contributed by atoms with Gasteiger partial charge >= 0.3 is 0 Å². The predicted molar refractivity (Wildman–Crippen MR) is 63.6 cm³/mol. The van der Waals surface area contributed by atoms with Crippen LogP contribution < -0.4 is 0 Å². The molecule has 0 atom stereocenters. The van der Waals surface area contributed by atoms with Gasteiger partial charge in [0.1, 0.15) is 0 Å². The fraction of sp³-hybridized carbons (Fsp3) is 0.571. The molecule has 1 aromatic carbocycles. The van der Waals surface area contributed by atoms with Crippen molar-refractivity contribution in [3.63, 3.8) is 0 Å². The third kappa shape index (κ3) is 3.53. The lowest BCUT2D eigenvalue weighted by atomic mass is 9.87. The van der Waals surface area contributed by atoms with Crippen LogP contribution in [0.5, 0.6) is 0 Å². The molecule has 0 aliphatic rings. The first-order chi connectivity index (χ1) is 6.53. The van der Waals surface area contributed by atoms with E-state index < -0.39 is 0 Å². The Hall–Kier alpha value is -0.780. The second kappa shape index (κ2) is 4.63. The maximum Gasteiger partial charge on any atom is -0.0271 e. The van der Waals surface area contributed by atoms with E-state index in [1.807, 2.05) is 0 Å². The van der Waals surface area contributed by atoms with Gasteiger partial charge in [0.05, 0.1) is 0 Å². The highest BCUT2D eigenvalue weighted by Gasteiger charge is 2.10. The Bertz CT molecular complexity index is 278. The molecular formula is C14H22. The van der Waals surface area contributed by atoms with Crippen molar-refractivity contribution in [2.75, 3.05) is 0 Å². The highest BCUT2D eigenvalue weighted by molar-refractivity contribution is 5.27. The Balaban J connectivity index is 2.67. The zero-order chi connectivity index (χ0) is 10.6. The second-order valence-corrected chi connectivity index (χ2v) is 5.18. The van der Waals surface area contributed by atoms with Crippen LogP contribution in [0.4, 0.5) is 0 Å². The summed E-state index contributed by atoms with van der Waals surface area (Å²) in [5.74, 6) is 0. The van der Waals surface area contributed by atoms with Crippen LogP contribution in [-0.2, 0) is 12.8 Å². The first-order valence-corrected chi connectivity index (χ1v) is 5.60. The summed E-state index contributed by atoms with van der Waals surface area (Å²) in [6.45, 7) is 9.15. The van der Waals surface area contributed by atoms with E-state index in [0.29, 0.717) is 5.41 Å². The fourth-order valence-corrected chi connectivity index (χ4v) is 1.66. The summed E-state index contributed by atoms with van der Waals surface area (Å²) < 4.78 is 0. The van der Waals surface area contributed by atoms with Gasteiger partial charge in [-0.2, -0.15) is 0 Å². The van der Waals surface area contributed by atoms with Gasteiger partial charge in [0.15, 0.2) is 0 Å². The van der Waals surface area contributed by atoms with Crippen LogP contribution in [-0.4, -0.2) is 0 Å². The molecule has 0 saturated heterocycles. The topological polar surface area (TPSA) is 0 Å². The maximum atomic E-state index is 2.31. The Morgan fingerprint density at radius 1 is 1.00 bits per heavy atom. The minimum absolute atomic E-state index is 0.445. The van der Waals surface area contributed by atoms with E-state index in [1.165, 1.54) is 24.0 Å². The Labute approximate surface area is 88.4 Å². The van der Waals surface area contributed by atoms with Gasteiger partial charge in [-0.05, 0) is 35.8 Å². The molecule has 1 aromatic rings. The van der Waals surface area contributed by atoms with Gasteiger partial charge in [-0.25, -0.2) is 0 Å². The largest absolute Gasteiger partial charge is 0.0620 e. The molecule has 0 aliphatic heterocycles. The van der Waals surface area contributed by atoms with Crippen molar-refractivity contribution in [2.45, 2.75) is 47.0 Å². The maximum absolute atomic E-state index is 2.31. The third-order valence-electron chi connectivity index (χ3n) is 2.64. The summed E-state index contributed by atoms with van der Waals surface area (Å²) in [5.41, 5.74) is 3.49. The molecule has 1 rings (SSSR count). The second-order valence-electron chi connectivity index (χ2n) is 5.18. The highest BCUT2D eigenvalue weighted by Crippen LogP contribution is 2.22. The Morgan fingerprint density at radius 2 is 1.57 bits per heavy atom. The molecule has 0 aliphatic carbocycles. The molecule has 0 radical (unpaired) electrons. The van der Waals surface area contributed by atoms with Crippen molar-refractivity contribution in [3.05, 3.63) is 35.4 Å². The van der Waals surface area contributed by atoms with Gasteiger partial charge in [0.25, 0.3) is 0 Å². The lowest BCUT2D eigenvalue weighted by molar-refractivity contribution is 0.378. The lowest BCUT2D eigenvalue weighted by Gasteiger charge is -2.18. The first kappa shape index (κ1) is 11.3. The van der Waals surface area contributed by atoms with Crippen LogP contribution in [0.3, 0.4) is 0 Å². The minimum atomic E-state index is 0.445. The van der Waals surface area contributed by atoms with E-state index in [2.05, 4.69) is 52.0 Å². The van der Waals surface area contributed by atoms with Crippen molar-refractivity contribution in [1.29, 1.82) is 0 Å². The highest BCUT2D eigenvalue weighted by atomic mass is 14.2. The number of benzene rings is 1. The predicted octanol–water partition coefficient (Wildman–Crippen LogP) is 4.23. The number of hydrogen-bond acceptors (Lipinski definition) is 0. The summed E-state index contributed by atoms with van der Waals surface area (Å²) >= 11 is 0. The smallest absolute Gasteiger partial charge is 0.0271 e. The molecule has 0 heteroatoms. The quantitative estimate of drug-likeness (QED) is 0.669. The molecule has 0 saturated carbocycles. The van der Waals surface area contributed by atoms with Crippen molar-refractivity contribution in [1.82, 2.24) is 0 Å². The molecule has 0 spiro atoms. The molecule has 0 heterocycles. The molecule has 0 aromatic heterocycles. The number of rotatable bonds is 3. The Morgan fingerprint density at radius 3 is 2.07 bits per heavy atom. The minimum Gasteiger partial charge on any atom is -0.0620 e. The van der Waals surface area contributed by atoms with E-state index in [4.69, 9.17) is 0 Å². The van der Waals surface area contributed by atoms with Crippen molar-refractivity contribution < 1.29 is 0 Å². The molecule has 0 amide bonds. The van der Waals surface area contributed by atoms with Gasteiger partial charge in [-0.1, -0.05) is 52.0 Å². The van der Waals surface area contributed by atoms with Gasteiger partial charge in [0, 0.05) is 0 Å². The number of aryl methyl sites for hydroxylation is 2. The average Bonchev–Trinajstić information content (AvgIpc) is 2.14. The summed E-state index contributed by atoms with van der Waals surface area (Å²) in [6.07, 6.45) is 3.64. The van der Waals surface area contributed by atoms with Crippen molar-refractivity contribution in [3.8, 4) is 0 Å². The van der Waals surface area contributed by atoms with E-state index in [1.54, 1.807) is 0 Å². The van der Waals surface area contributed by atoms with Crippen LogP contribution in [0, 0.1) is 5.41 Å². The fourth-order valence-electron chi connectivity index (χ4n) is 1.66. The Kier molecular flexibility index (Phi) is 3.74. The number of hydrogen-bond donors (Lipinski definition) is 0. The zero-order valence-corrected chi connectivity index (χ0v) is 9.93. The molecular weight excluding hydrogens is 168 g/mol. The van der Waals surface area contributed by atoms with Crippen molar-refractivity contribution >= 4 is 0 Å². The summed E-state index contributed by atoms with van der Waals surface area (Å²) in [5, 5.41) is 0. The van der Waals surface area contributed by atoms with Crippen molar-refractivity contribution in [2.24, 2.45) is 5.41 Å². The standard InChI is InChI=1S/C14H22/c1-5-12-8-6-7-9-13(12)10-11-14(2,3)4/h6-9H,5,10-11H2,1-4H3. The van der Waals surface area contributed by atoms with Crippen LogP contribution >= 0.6 is 0 Å². The normalized spacial score (nSPS) is 11.7. The van der Waals surface area contributed by atoms with Gasteiger partial charge in [-0.3, -0.25) is 0 Å². The summed E-state index contributed by atoms with van der Waals surface area (Å²) in [6, 6.07) is 8.80. The molecule has 0 unspecified atom stereocenters. The van der Waals surface area contributed by atoms with E-state index >= 15 is 0 Å². The monoisotopic (exact) mass is 190 g/mol. The van der Waals surface area contributed by atoms with Crippen LogP contribution in [0.15, 0.2) is 24.3 Å². The lowest BCUT2D eigenvalue weighted by Crippen LogP contribution is -2.07. The van der Waals surface area contributed by atoms with Gasteiger partial charge in [0.2, 0.25) is 0 Å². The van der Waals surface area contributed by atoms with E-state index in [-0.39, 0.29) is 0 Å². The molecule has 14 heavy (non-hydrogen) atoms. The molecule has 0 nitrogen and oxygen atoms in total. The first-order valence-electron chi connectivity index (χ1n) is 5.60. The van der Waals surface area contributed by atoms with Gasteiger partial charge < -0.3 is 0 Å². The summed E-state index contributed by atoms with van der Waals surface area (Å²) in [7, 11) is 0. The van der Waals surface area contributed by atoms with Crippen LogP contribution in [0.2, 0.25) is 0 Å². The van der Waals surface area contributed by atoms with Gasteiger partial charge in [-0.15, -0.1) is 0 Å². The molecule has 0 bridgehead atoms. The molecule has 0 fully saturated rings. The zero-order valence-electron chi connectivity index (χ0n) is 9.93.